The average Bonchev–Trinajstić information content (AvgIpc) is 3.16. The van der Waals surface area contributed by atoms with Crippen molar-refractivity contribution in [1.29, 1.82) is 0 Å². The molecular formula is C48H67ClN4O10S2. The summed E-state index contributed by atoms with van der Waals surface area (Å²) in [6.07, 6.45) is 1.32. The second-order valence-corrected chi connectivity index (χ2v) is 22.4. The Balaban J connectivity index is 0.000000282. The Morgan fingerprint density at radius 3 is 1.82 bits per heavy atom. The third-order valence-corrected chi connectivity index (χ3v) is 12.9. The number of hydrogen-bond acceptors (Lipinski definition) is 11. The van der Waals surface area contributed by atoms with Crippen LogP contribution < -0.4 is 23.8 Å². The zero-order chi connectivity index (χ0) is 47.4. The maximum Gasteiger partial charge on any atom is 0.410 e. The Morgan fingerprint density at radius 2 is 1.29 bits per heavy atom. The molecule has 1 amide bonds. The van der Waals surface area contributed by atoms with E-state index in [1.165, 1.54) is 21.0 Å². The normalized spacial score (nSPS) is 19.7. The SMILES string of the molecule is CC(C)(C)OC(=O)N(CCc1ccccc1)[C@H]1c2ccc(NS(C)(=O)=O)cc2OC(C)(C)[C@@H]1O.CC(C)N(c1ccc2c(c1)OC(C)(C)[C@H](O)[C@H]2NCCc1ccccc1)S(C)(=O)=O.Cl. The molecule has 0 saturated heterocycles. The number of ether oxygens (including phenoxy) is 3. The molecule has 0 unspecified atom stereocenters. The van der Waals surface area contributed by atoms with Crippen molar-refractivity contribution < 1.29 is 46.1 Å². The number of nitrogens with zero attached hydrogens (tertiary/aromatic N) is 2. The fourth-order valence-electron chi connectivity index (χ4n) is 7.97. The first-order valence-corrected chi connectivity index (χ1v) is 25.2. The van der Waals surface area contributed by atoms with E-state index >= 15 is 0 Å². The lowest BCUT2D eigenvalue weighted by atomic mass is 9.85. The van der Waals surface area contributed by atoms with Crippen molar-refractivity contribution in [3.63, 3.8) is 0 Å². The van der Waals surface area contributed by atoms with Crippen molar-refractivity contribution in [3.05, 3.63) is 119 Å². The third-order valence-electron chi connectivity index (χ3n) is 10.9. The van der Waals surface area contributed by atoms with E-state index < -0.39 is 61.2 Å². The first kappa shape index (κ1) is 53.0. The summed E-state index contributed by atoms with van der Waals surface area (Å²) in [5, 5.41) is 25.7. The van der Waals surface area contributed by atoms with Crippen LogP contribution in [0.3, 0.4) is 0 Å². The van der Waals surface area contributed by atoms with Crippen LogP contribution in [-0.4, -0.2) is 98.7 Å². The van der Waals surface area contributed by atoms with Crippen molar-refractivity contribution in [2.24, 2.45) is 0 Å². The first-order valence-electron chi connectivity index (χ1n) is 21.5. The van der Waals surface area contributed by atoms with Crippen LogP contribution in [0.2, 0.25) is 0 Å². The molecule has 0 fully saturated rings. The molecule has 358 valence electrons. The van der Waals surface area contributed by atoms with Gasteiger partial charge in [0.1, 0.15) is 40.5 Å². The smallest absolute Gasteiger partial charge is 0.410 e. The minimum Gasteiger partial charge on any atom is -0.485 e. The van der Waals surface area contributed by atoms with Gasteiger partial charge < -0.3 is 29.7 Å². The lowest BCUT2D eigenvalue weighted by molar-refractivity contribution is -0.0937. The van der Waals surface area contributed by atoms with Gasteiger partial charge in [-0.15, -0.1) is 12.4 Å². The predicted octanol–water partition coefficient (Wildman–Crippen LogP) is 7.80. The number of carbonyl (C=O) groups excluding carboxylic acids is 1. The van der Waals surface area contributed by atoms with Gasteiger partial charge in [-0.05, 0) is 105 Å². The Kier molecular flexibility index (Phi) is 17.1. The van der Waals surface area contributed by atoms with Crippen LogP contribution in [0.25, 0.3) is 0 Å². The van der Waals surface area contributed by atoms with E-state index in [4.69, 9.17) is 14.2 Å². The Labute approximate surface area is 392 Å². The van der Waals surface area contributed by atoms with Crippen LogP contribution in [0, 0.1) is 0 Å². The number of aliphatic hydroxyl groups is 2. The third kappa shape index (κ3) is 14.0. The number of aliphatic hydroxyl groups excluding tert-OH is 2. The number of amides is 1. The molecular weight excluding hydrogens is 892 g/mol. The lowest BCUT2D eigenvalue weighted by Gasteiger charge is -2.46. The first-order chi connectivity index (χ1) is 29.7. The number of hydrogen-bond donors (Lipinski definition) is 4. The maximum atomic E-state index is 13.4. The summed E-state index contributed by atoms with van der Waals surface area (Å²) >= 11 is 0. The molecule has 17 heteroatoms. The summed E-state index contributed by atoms with van der Waals surface area (Å²) in [6.45, 7) is 17.2. The van der Waals surface area contributed by atoms with Gasteiger partial charge in [0.25, 0.3) is 0 Å². The molecule has 4 aromatic carbocycles. The van der Waals surface area contributed by atoms with Gasteiger partial charge in [0.05, 0.1) is 36.0 Å². The van der Waals surface area contributed by atoms with E-state index in [-0.39, 0.29) is 24.5 Å². The van der Waals surface area contributed by atoms with E-state index in [2.05, 4.69) is 22.2 Å². The number of anilines is 2. The summed E-state index contributed by atoms with van der Waals surface area (Å²) in [7, 11) is -6.91. The number of rotatable bonds is 13. The Morgan fingerprint density at radius 1 is 0.769 bits per heavy atom. The number of carbonyl (C=O) groups is 1. The van der Waals surface area contributed by atoms with E-state index in [9.17, 15) is 31.8 Å². The molecule has 0 bridgehead atoms. The molecule has 4 N–H and O–H groups in total. The molecule has 0 aliphatic carbocycles. The highest BCUT2D eigenvalue weighted by molar-refractivity contribution is 7.92. The van der Waals surface area contributed by atoms with Crippen LogP contribution in [0.1, 0.15) is 96.7 Å². The van der Waals surface area contributed by atoms with Crippen LogP contribution in [0.4, 0.5) is 16.2 Å². The fourth-order valence-corrected chi connectivity index (χ4v) is 9.78. The minimum atomic E-state index is -3.49. The van der Waals surface area contributed by atoms with Gasteiger partial charge in [-0.2, -0.15) is 0 Å². The fraction of sp³-hybridized carbons (Fsp3) is 0.479. The van der Waals surface area contributed by atoms with Crippen LogP contribution in [-0.2, 0) is 37.6 Å². The van der Waals surface area contributed by atoms with Gasteiger partial charge in [0, 0.05) is 35.8 Å². The van der Waals surface area contributed by atoms with E-state index in [1.54, 1.807) is 65.0 Å². The highest BCUT2D eigenvalue weighted by Gasteiger charge is 2.48. The molecule has 2 aliphatic heterocycles. The topological polar surface area (TPSA) is 184 Å². The molecule has 2 aliphatic rings. The summed E-state index contributed by atoms with van der Waals surface area (Å²) < 4.78 is 69.7. The molecule has 2 heterocycles. The summed E-state index contributed by atoms with van der Waals surface area (Å²) in [6, 6.07) is 28.9. The lowest BCUT2D eigenvalue weighted by Crippen LogP contribution is -2.55. The van der Waals surface area contributed by atoms with Crippen molar-refractivity contribution in [1.82, 2.24) is 10.2 Å². The molecule has 4 atom stereocenters. The number of fused-ring (bicyclic) bond motifs is 2. The second-order valence-electron chi connectivity index (χ2n) is 18.8. The monoisotopic (exact) mass is 958 g/mol. The highest BCUT2D eigenvalue weighted by atomic mass is 35.5. The quantitative estimate of drug-likeness (QED) is 0.103. The molecule has 0 spiro atoms. The van der Waals surface area contributed by atoms with Crippen LogP contribution in [0.5, 0.6) is 11.5 Å². The molecule has 65 heavy (non-hydrogen) atoms. The minimum absolute atomic E-state index is 0. The molecule has 0 saturated carbocycles. The van der Waals surface area contributed by atoms with Crippen LogP contribution in [0.15, 0.2) is 97.1 Å². The van der Waals surface area contributed by atoms with E-state index in [0.29, 0.717) is 47.9 Å². The Hall–Kier alpha value is -4.58. The van der Waals surface area contributed by atoms with Gasteiger partial charge in [0.15, 0.2) is 0 Å². The van der Waals surface area contributed by atoms with Gasteiger partial charge in [-0.3, -0.25) is 13.9 Å². The molecule has 6 rings (SSSR count). The molecule has 0 aromatic heterocycles. The Bertz CT molecular complexity index is 2450. The van der Waals surface area contributed by atoms with Crippen molar-refractivity contribution >= 4 is 49.9 Å². The largest absolute Gasteiger partial charge is 0.485 e. The van der Waals surface area contributed by atoms with E-state index in [1.807, 2.05) is 82.3 Å². The van der Waals surface area contributed by atoms with Crippen molar-refractivity contribution in [2.45, 2.75) is 122 Å². The van der Waals surface area contributed by atoms with Gasteiger partial charge >= 0.3 is 6.09 Å². The zero-order valence-electron chi connectivity index (χ0n) is 39.2. The number of halogens is 1. The second kappa shape index (κ2) is 20.9. The molecule has 14 nitrogen and oxygen atoms in total. The zero-order valence-corrected chi connectivity index (χ0v) is 41.7. The van der Waals surface area contributed by atoms with Gasteiger partial charge in [-0.1, -0.05) is 72.8 Å². The van der Waals surface area contributed by atoms with E-state index in [0.717, 1.165) is 23.8 Å². The van der Waals surface area contributed by atoms with Gasteiger partial charge in [-0.25, -0.2) is 21.6 Å². The van der Waals surface area contributed by atoms with Crippen LogP contribution >= 0.6 is 12.4 Å². The predicted molar refractivity (Wildman–Crippen MR) is 259 cm³/mol. The summed E-state index contributed by atoms with van der Waals surface area (Å²) in [5.41, 5.74) is 1.98. The van der Waals surface area contributed by atoms with Crippen molar-refractivity contribution in [2.75, 3.05) is 34.6 Å². The maximum absolute atomic E-state index is 13.4. The number of sulfonamides is 2. The standard InChI is InChI=1S/C25H34N2O6S.C23H32N2O4S.ClH/c1-24(2,3)33-23(29)27(15-14-17-10-8-7-9-11-17)21-19-13-12-18(26-34(6,30)31)16-20(19)32-25(4,5)22(21)28;1-16(2)25(30(5,27)28)18-11-12-19-20(15-18)29-23(3,4)22(26)21(19)24-14-13-17-9-7-6-8-10-17;/h7-13,16,21-22,26,28H,14-15H2,1-6H3;6-12,15-16,21-22,24,26H,13-14H2,1-5H3;1H/t2*21-,22+;/m00./s1. The number of benzene rings is 4. The summed E-state index contributed by atoms with van der Waals surface area (Å²) in [4.78, 5) is 14.9. The molecule has 0 radical (unpaired) electrons. The number of nitrogens with one attached hydrogen (secondary N) is 2. The van der Waals surface area contributed by atoms with Gasteiger partial charge in [0.2, 0.25) is 20.0 Å². The average molecular weight is 960 g/mol. The summed E-state index contributed by atoms with van der Waals surface area (Å²) in [5.74, 6) is 0.983. The highest BCUT2D eigenvalue weighted by Crippen LogP contribution is 2.45. The van der Waals surface area contributed by atoms with Crippen molar-refractivity contribution in [3.8, 4) is 11.5 Å². The molecule has 4 aromatic rings.